The first-order chi connectivity index (χ1) is 10.4. The third-order valence-electron chi connectivity index (χ3n) is 2.25. The molecular weight excluding hydrogens is 298 g/mol. The van der Waals surface area contributed by atoms with Crippen molar-refractivity contribution >= 4 is 28.7 Å². The molecule has 0 amide bonds. The Labute approximate surface area is 123 Å². The number of nitro benzene ring substituents is 2. The summed E-state index contributed by atoms with van der Waals surface area (Å²) >= 11 is 0. The zero-order valence-corrected chi connectivity index (χ0v) is 11.2. The lowest BCUT2D eigenvalue weighted by molar-refractivity contribution is -0.393. The molecule has 0 unspecified atom stereocenters. The average Bonchev–Trinajstić information content (AvgIpc) is 2.47. The normalized spacial score (nSPS) is 10.5. The van der Waals surface area contributed by atoms with Gasteiger partial charge in [0.25, 0.3) is 5.69 Å². The van der Waals surface area contributed by atoms with Gasteiger partial charge in [-0.25, -0.2) is 4.79 Å². The van der Waals surface area contributed by atoms with Crippen LogP contribution in [0.25, 0.3) is 0 Å². The molecule has 0 aliphatic heterocycles. The fourth-order valence-corrected chi connectivity index (χ4v) is 1.31. The SMILES string of the molecule is CCOC(=O)C(C#N)=NNc1ccc([N+](=O)[O-])cc1[N+](=O)[O-]. The van der Waals surface area contributed by atoms with E-state index in [4.69, 9.17) is 5.26 Å². The molecule has 0 spiro atoms. The molecule has 0 aliphatic carbocycles. The zero-order valence-electron chi connectivity index (χ0n) is 11.2. The largest absolute Gasteiger partial charge is 0.461 e. The molecule has 1 rings (SSSR count). The summed E-state index contributed by atoms with van der Waals surface area (Å²) in [6, 6.07) is 4.26. The number of benzene rings is 1. The molecule has 114 valence electrons. The van der Waals surface area contributed by atoms with Crippen LogP contribution in [0.15, 0.2) is 23.3 Å². The van der Waals surface area contributed by atoms with E-state index >= 15 is 0 Å². The van der Waals surface area contributed by atoms with Crippen molar-refractivity contribution in [2.24, 2.45) is 5.10 Å². The topological polar surface area (TPSA) is 161 Å². The van der Waals surface area contributed by atoms with E-state index in [1.807, 2.05) is 0 Å². The Morgan fingerprint density at radius 2 is 2.09 bits per heavy atom. The van der Waals surface area contributed by atoms with Gasteiger partial charge in [0, 0.05) is 6.07 Å². The maximum absolute atomic E-state index is 11.3. The van der Waals surface area contributed by atoms with Crippen LogP contribution in [0.5, 0.6) is 0 Å². The number of hydrogen-bond acceptors (Lipinski definition) is 9. The van der Waals surface area contributed by atoms with E-state index in [2.05, 4.69) is 15.3 Å². The molecule has 0 aromatic heterocycles. The first kappa shape index (κ1) is 16.5. The Kier molecular flexibility index (Phi) is 5.47. The highest BCUT2D eigenvalue weighted by Crippen LogP contribution is 2.28. The number of nitrogens with one attached hydrogen (secondary N) is 1. The van der Waals surface area contributed by atoms with E-state index in [9.17, 15) is 25.0 Å². The summed E-state index contributed by atoms with van der Waals surface area (Å²) in [6.45, 7) is 1.55. The molecule has 0 saturated carbocycles. The smallest absolute Gasteiger partial charge is 0.369 e. The van der Waals surface area contributed by atoms with Crippen molar-refractivity contribution in [2.75, 3.05) is 12.0 Å². The Morgan fingerprint density at radius 1 is 1.41 bits per heavy atom. The second kappa shape index (κ2) is 7.29. The van der Waals surface area contributed by atoms with Gasteiger partial charge in [0.1, 0.15) is 11.8 Å². The molecule has 0 radical (unpaired) electrons. The third-order valence-corrected chi connectivity index (χ3v) is 2.25. The van der Waals surface area contributed by atoms with Crippen molar-refractivity contribution in [3.8, 4) is 6.07 Å². The van der Waals surface area contributed by atoms with Gasteiger partial charge in [0.15, 0.2) is 0 Å². The van der Waals surface area contributed by atoms with Gasteiger partial charge in [0.2, 0.25) is 5.71 Å². The van der Waals surface area contributed by atoms with Gasteiger partial charge >= 0.3 is 11.7 Å². The van der Waals surface area contributed by atoms with Crippen molar-refractivity contribution in [1.82, 2.24) is 0 Å². The summed E-state index contributed by atoms with van der Waals surface area (Å²) in [4.78, 5) is 31.1. The van der Waals surface area contributed by atoms with Crippen LogP contribution in [-0.4, -0.2) is 28.1 Å². The fourth-order valence-electron chi connectivity index (χ4n) is 1.31. The summed E-state index contributed by atoms with van der Waals surface area (Å²) in [5.74, 6) is -0.998. The molecule has 22 heavy (non-hydrogen) atoms. The van der Waals surface area contributed by atoms with Crippen LogP contribution >= 0.6 is 0 Å². The van der Waals surface area contributed by atoms with Gasteiger partial charge in [-0.05, 0) is 13.0 Å². The summed E-state index contributed by atoms with van der Waals surface area (Å²) in [5.41, 5.74) is 0.187. The third kappa shape index (κ3) is 3.97. The number of hydrazone groups is 1. The fraction of sp³-hybridized carbons (Fsp3) is 0.182. The highest BCUT2D eigenvalue weighted by atomic mass is 16.6. The molecule has 11 heteroatoms. The number of ether oxygens (including phenoxy) is 1. The Hall–Kier alpha value is -3.55. The van der Waals surface area contributed by atoms with Gasteiger partial charge in [-0.2, -0.15) is 10.4 Å². The molecule has 0 atom stereocenters. The second-order valence-corrected chi connectivity index (χ2v) is 3.62. The molecule has 1 aromatic rings. The maximum Gasteiger partial charge on any atom is 0.369 e. The van der Waals surface area contributed by atoms with Crippen LogP contribution < -0.4 is 5.43 Å². The summed E-state index contributed by atoms with van der Waals surface area (Å²) in [7, 11) is 0. The van der Waals surface area contributed by atoms with E-state index in [0.29, 0.717) is 0 Å². The standard InChI is InChI=1S/C11H9N5O6/c1-2-22-11(17)9(6-12)14-13-8-4-3-7(15(18)19)5-10(8)16(20)21/h3-5,13H,2H2,1H3. The molecule has 0 fully saturated rings. The predicted molar refractivity (Wildman–Crippen MR) is 73.1 cm³/mol. The molecule has 0 aliphatic rings. The molecule has 0 heterocycles. The van der Waals surface area contributed by atoms with Gasteiger partial charge in [-0.15, -0.1) is 0 Å². The number of esters is 1. The number of nitriles is 1. The molecule has 0 saturated heterocycles. The van der Waals surface area contributed by atoms with Crippen molar-refractivity contribution < 1.29 is 19.4 Å². The maximum atomic E-state index is 11.3. The molecule has 1 N–H and O–H groups in total. The number of nitrogens with zero attached hydrogens (tertiary/aromatic N) is 4. The predicted octanol–water partition coefficient (Wildman–Crippen LogP) is 1.36. The van der Waals surface area contributed by atoms with Crippen molar-refractivity contribution in [1.29, 1.82) is 5.26 Å². The van der Waals surface area contributed by atoms with Crippen LogP contribution in [0.1, 0.15) is 6.92 Å². The summed E-state index contributed by atoms with van der Waals surface area (Å²) < 4.78 is 4.56. The average molecular weight is 307 g/mol. The monoisotopic (exact) mass is 307 g/mol. The molecule has 0 bridgehead atoms. The molecule has 11 nitrogen and oxygen atoms in total. The molecular formula is C11H9N5O6. The second-order valence-electron chi connectivity index (χ2n) is 3.62. The van der Waals surface area contributed by atoms with E-state index < -0.39 is 32.9 Å². The van der Waals surface area contributed by atoms with Crippen LogP contribution in [0, 0.1) is 31.6 Å². The van der Waals surface area contributed by atoms with Crippen molar-refractivity contribution in [3.63, 3.8) is 0 Å². The van der Waals surface area contributed by atoms with Crippen LogP contribution in [-0.2, 0) is 9.53 Å². The van der Waals surface area contributed by atoms with E-state index in [0.717, 1.165) is 18.2 Å². The minimum Gasteiger partial charge on any atom is -0.461 e. The minimum atomic E-state index is -0.998. The number of rotatable bonds is 6. The van der Waals surface area contributed by atoms with E-state index in [1.165, 1.54) is 13.0 Å². The van der Waals surface area contributed by atoms with Gasteiger partial charge in [-0.1, -0.05) is 0 Å². The number of anilines is 1. The summed E-state index contributed by atoms with van der Waals surface area (Å²) in [5, 5.41) is 33.6. The van der Waals surface area contributed by atoms with E-state index in [-0.39, 0.29) is 12.3 Å². The van der Waals surface area contributed by atoms with Crippen molar-refractivity contribution in [2.45, 2.75) is 6.92 Å². The van der Waals surface area contributed by atoms with Crippen LogP contribution in [0.2, 0.25) is 0 Å². The quantitative estimate of drug-likeness (QED) is 0.356. The van der Waals surface area contributed by atoms with Gasteiger partial charge in [0.05, 0.1) is 22.5 Å². The van der Waals surface area contributed by atoms with Crippen LogP contribution in [0.4, 0.5) is 17.1 Å². The van der Waals surface area contributed by atoms with Crippen molar-refractivity contribution in [3.05, 3.63) is 38.4 Å². The van der Waals surface area contributed by atoms with E-state index in [1.54, 1.807) is 0 Å². The lowest BCUT2D eigenvalue weighted by Gasteiger charge is -2.03. The zero-order chi connectivity index (χ0) is 16.7. The lowest BCUT2D eigenvalue weighted by atomic mass is 10.2. The van der Waals surface area contributed by atoms with Gasteiger partial charge < -0.3 is 4.74 Å². The highest BCUT2D eigenvalue weighted by Gasteiger charge is 2.20. The number of hydrogen-bond donors (Lipinski definition) is 1. The Morgan fingerprint density at radius 3 is 2.59 bits per heavy atom. The number of non-ortho nitro benzene ring substituents is 1. The Bertz CT molecular complexity index is 693. The first-order valence-electron chi connectivity index (χ1n) is 5.74. The Balaban J connectivity index is 3.12. The highest BCUT2D eigenvalue weighted by molar-refractivity contribution is 6.43. The van der Waals surface area contributed by atoms with Crippen LogP contribution in [0.3, 0.4) is 0 Å². The lowest BCUT2D eigenvalue weighted by Crippen LogP contribution is -2.17. The number of nitro groups is 2. The first-order valence-corrected chi connectivity index (χ1v) is 5.74. The van der Waals surface area contributed by atoms with Gasteiger partial charge in [-0.3, -0.25) is 25.7 Å². The minimum absolute atomic E-state index is 0.0250. The number of carbonyl (C=O) groups excluding carboxylic acids is 1. The molecule has 1 aromatic carbocycles. The number of carbonyl (C=O) groups is 1. The summed E-state index contributed by atoms with van der Waals surface area (Å²) in [6.07, 6.45) is 0.